The molecule has 0 radical (unpaired) electrons. The Hall–Kier alpha value is -4.53. The number of halogens is 2. The third-order valence-corrected chi connectivity index (χ3v) is 7.95. The Balaban J connectivity index is 1.17. The van der Waals surface area contributed by atoms with Crippen molar-refractivity contribution in [3.8, 4) is 5.69 Å². The molecular weight excluding hydrogens is 560 g/mol. The summed E-state index contributed by atoms with van der Waals surface area (Å²) in [5.41, 5.74) is 4.81. The maximum Gasteiger partial charge on any atom is 0.324 e. The predicted octanol–water partition coefficient (Wildman–Crippen LogP) is 7.42. The highest BCUT2D eigenvalue weighted by atomic mass is 19.1. The molecule has 2 N–H and O–H groups in total. The summed E-state index contributed by atoms with van der Waals surface area (Å²) >= 11 is 0. The highest BCUT2D eigenvalue weighted by Gasteiger charge is 2.24. The van der Waals surface area contributed by atoms with Crippen LogP contribution >= 0.6 is 0 Å². The quantitative estimate of drug-likeness (QED) is 0.232. The molecule has 3 aromatic carbocycles. The number of rotatable bonds is 7. The minimum absolute atomic E-state index is 0.0154. The van der Waals surface area contributed by atoms with E-state index in [4.69, 9.17) is 5.10 Å². The van der Waals surface area contributed by atoms with Gasteiger partial charge in [-0.3, -0.25) is 10.1 Å². The van der Waals surface area contributed by atoms with Crippen LogP contribution in [0.2, 0.25) is 0 Å². The lowest BCUT2D eigenvalue weighted by molar-refractivity contribution is -0.131. The topological polar surface area (TPSA) is 79.3 Å². The van der Waals surface area contributed by atoms with E-state index in [2.05, 4.69) is 31.4 Å². The minimum atomic E-state index is -0.677. The summed E-state index contributed by atoms with van der Waals surface area (Å²) in [7, 11) is 0. The fraction of sp³-hybridized carbons (Fsp3) is 0.343. The van der Waals surface area contributed by atoms with Crippen LogP contribution in [0.15, 0.2) is 72.8 Å². The van der Waals surface area contributed by atoms with Gasteiger partial charge in [0.25, 0.3) is 0 Å². The number of amides is 3. The average Bonchev–Trinajstić information content (AvgIpc) is 3.37. The van der Waals surface area contributed by atoms with Crippen molar-refractivity contribution < 1.29 is 18.4 Å². The van der Waals surface area contributed by atoms with Crippen molar-refractivity contribution in [2.24, 2.45) is 5.92 Å². The average molecular weight is 600 g/mol. The molecule has 1 aliphatic rings. The summed E-state index contributed by atoms with van der Waals surface area (Å²) in [4.78, 5) is 27.6. The first-order valence-corrected chi connectivity index (χ1v) is 15.0. The van der Waals surface area contributed by atoms with E-state index in [1.54, 1.807) is 9.58 Å². The highest BCUT2D eigenvalue weighted by Crippen LogP contribution is 2.27. The van der Waals surface area contributed by atoms with Gasteiger partial charge < -0.3 is 10.2 Å². The van der Waals surface area contributed by atoms with E-state index in [-0.39, 0.29) is 23.8 Å². The number of nitrogens with one attached hydrogen (secondary N) is 2. The molecule has 3 amide bonds. The molecule has 230 valence electrons. The number of aromatic nitrogens is 2. The van der Waals surface area contributed by atoms with Gasteiger partial charge in [-0.1, -0.05) is 50.6 Å². The Morgan fingerprint density at radius 1 is 0.886 bits per heavy atom. The number of carbonyl (C=O) groups is 2. The van der Waals surface area contributed by atoms with Gasteiger partial charge in [-0.05, 0) is 79.6 Å². The number of likely N-dealkylation sites (tertiary alicyclic amines) is 1. The summed E-state index contributed by atoms with van der Waals surface area (Å²) < 4.78 is 28.8. The summed E-state index contributed by atoms with van der Waals surface area (Å²) in [6.45, 7) is 9.49. The Bertz CT molecular complexity index is 1610. The van der Waals surface area contributed by atoms with Crippen LogP contribution in [0.4, 0.5) is 25.1 Å². The number of carbonyl (C=O) groups excluding carboxylic acids is 2. The van der Waals surface area contributed by atoms with Crippen LogP contribution in [-0.4, -0.2) is 39.7 Å². The summed E-state index contributed by atoms with van der Waals surface area (Å²) in [5, 5.41) is 10.7. The van der Waals surface area contributed by atoms with E-state index in [1.807, 2.05) is 61.5 Å². The van der Waals surface area contributed by atoms with Crippen molar-refractivity contribution in [2.45, 2.75) is 58.8 Å². The van der Waals surface area contributed by atoms with Gasteiger partial charge in [0, 0.05) is 36.3 Å². The summed E-state index contributed by atoms with van der Waals surface area (Å²) in [6.07, 6.45) is 2.48. The monoisotopic (exact) mass is 599 g/mol. The normalized spacial score (nSPS) is 14.0. The molecule has 1 aliphatic heterocycles. The first kappa shape index (κ1) is 30.9. The fourth-order valence-electron chi connectivity index (χ4n) is 5.49. The van der Waals surface area contributed by atoms with Gasteiger partial charge in [0.05, 0.1) is 17.8 Å². The SMILES string of the molecule is Cc1ccc(-n2nc(C(C)(C)C)cc2NC(=O)Nc2cccc(CC3CCN(C(=O)Cc4cc(F)cc(F)c4)CC3)c2)cc1. The molecule has 7 nitrogen and oxygen atoms in total. The second kappa shape index (κ2) is 13.0. The Morgan fingerprint density at radius 2 is 1.57 bits per heavy atom. The smallest absolute Gasteiger partial charge is 0.324 e. The lowest BCUT2D eigenvalue weighted by Gasteiger charge is -2.32. The second-order valence-corrected chi connectivity index (χ2v) is 12.7. The zero-order valence-electron chi connectivity index (χ0n) is 25.7. The number of benzene rings is 3. The molecule has 1 saturated heterocycles. The maximum absolute atomic E-state index is 13.5. The first-order chi connectivity index (χ1) is 20.9. The Kier molecular flexibility index (Phi) is 9.13. The number of anilines is 2. The van der Waals surface area contributed by atoms with Crippen LogP contribution in [0.1, 0.15) is 56.0 Å². The second-order valence-electron chi connectivity index (χ2n) is 12.7. The lowest BCUT2D eigenvalue weighted by atomic mass is 9.90. The van der Waals surface area contributed by atoms with Crippen LogP contribution in [-0.2, 0) is 23.1 Å². The van der Waals surface area contributed by atoms with E-state index >= 15 is 0 Å². The molecule has 0 atom stereocenters. The van der Waals surface area contributed by atoms with Crippen LogP contribution in [0.3, 0.4) is 0 Å². The Labute approximate surface area is 257 Å². The van der Waals surface area contributed by atoms with Gasteiger partial charge in [0.15, 0.2) is 0 Å². The summed E-state index contributed by atoms with van der Waals surface area (Å²) in [6, 6.07) is 20.6. The molecule has 1 aromatic heterocycles. The molecule has 0 spiro atoms. The first-order valence-electron chi connectivity index (χ1n) is 15.0. The molecule has 0 saturated carbocycles. The predicted molar refractivity (Wildman–Crippen MR) is 169 cm³/mol. The summed E-state index contributed by atoms with van der Waals surface area (Å²) in [5.74, 6) is -0.511. The van der Waals surface area contributed by atoms with Gasteiger partial charge in [0.2, 0.25) is 5.91 Å². The van der Waals surface area contributed by atoms with Crippen LogP contribution in [0, 0.1) is 24.5 Å². The van der Waals surface area contributed by atoms with Crippen molar-refractivity contribution >= 4 is 23.4 Å². The van der Waals surface area contributed by atoms with Gasteiger partial charge >= 0.3 is 6.03 Å². The zero-order chi connectivity index (χ0) is 31.4. The van der Waals surface area contributed by atoms with Crippen LogP contribution in [0.25, 0.3) is 5.69 Å². The molecular formula is C35H39F2N5O2. The number of aryl methyl sites for hydroxylation is 1. The molecule has 2 heterocycles. The Morgan fingerprint density at radius 3 is 2.23 bits per heavy atom. The molecule has 0 bridgehead atoms. The number of urea groups is 1. The molecule has 1 fully saturated rings. The maximum atomic E-state index is 13.5. The third kappa shape index (κ3) is 7.89. The van der Waals surface area contributed by atoms with E-state index < -0.39 is 11.6 Å². The molecule has 9 heteroatoms. The van der Waals surface area contributed by atoms with Crippen molar-refractivity contribution in [3.05, 3.63) is 107 Å². The van der Waals surface area contributed by atoms with Crippen molar-refractivity contribution in [2.75, 3.05) is 23.7 Å². The third-order valence-electron chi connectivity index (χ3n) is 7.95. The van der Waals surface area contributed by atoms with Crippen LogP contribution in [0.5, 0.6) is 0 Å². The van der Waals surface area contributed by atoms with Crippen molar-refractivity contribution in [3.63, 3.8) is 0 Å². The standard InChI is InChI=1S/C35H39F2N5O2/c1-23-8-10-30(11-9-23)42-32(22-31(40-42)35(2,3)4)39-34(44)38-29-7-5-6-25(19-29)16-24-12-14-41(15-13-24)33(43)20-26-17-27(36)21-28(37)18-26/h5-11,17-19,21-22,24H,12-16,20H2,1-4H3,(H2,38,39,44). The zero-order valence-corrected chi connectivity index (χ0v) is 25.7. The lowest BCUT2D eigenvalue weighted by Crippen LogP contribution is -2.39. The van der Waals surface area contributed by atoms with Gasteiger partial charge in [-0.25, -0.2) is 18.3 Å². The van der Waals surface area contributed by atoms with Gasteiger partial charge in [0.1, 0.15) is 17.5 Å². The molecule has 44 heavy (non-hydrogen) atoms. The van der Waals surface area contributed by atoms with E-state index in [0.29, 0.717) is 36.1 Å². The van der Waals surface area contributed by atoms with E-state index in [9.17, 15) is 18.4 Å². The minimum Gasteiger partial charge on any atom is -0.342 e. The number of hydrogen-bond acceptors (Lipinski definition) is 3. The number of piperidine rings is 1. The number of nitrogens with zero attached hydrogens (tertiary/aromatic N) is 3. The van der Waals surface area contributed by atoms with Crippen molar-refractivity contribution in [1.29, 1.82) is 0 Å². The number of hydrogen-bond donors (Lipinski definition) is 2. The molecule has 0 unspecified atom stereocenters. The van der Waals surface area contributed by atoms with Gasteiger partial charge in [-0.15, -0.1) is 0 Å². The molecule has 4 aromatic rings. The van der Waals surface area contributed by atoms with Gasteiger partial charge in [-0.2, -0.15) is 5.10 Å². The largest absolute Gasteiger partial charge is 0.342 e. The van der Waals surface area contributed by atoms with E-state index in [1.165, 1.54) is 12.1 Å². The fourth-order valence-corrected chi connectivity index (χ4v) is 5.49. The van der Waals surface area contributed by atoms with Crippen molar-refractivity contribution in [1.82, 2.24) is 14.7 Å². The molecule has 5 rings (SSSR count). The molecule has 0 aliphatic carbocycles. The van der Waals surface area contributed by atoms with E-state index in [0.717, 1.165) is 47.8 Å². The van der Waals surface area contributed by atoms with Crippen LogP contribution < -0.4 is 10.6 Å². The highest BCUT2D eigenvalue weighted by molar-refractivity contribution is 5.99.